The standard InChI is InChI=1S/C8H19O4P/c1-5-11-13(10,8(2,3)4)12-7-6-9/h9H,5-7H2,1-4H3. The van der Waals surface area contributed by atoms with Gasteiger partial charge in [0.25, 0.3) is 0 Å². The van der Waals surface area contributed by atoms with E-state index in [1.807, 2.05) is 0 Å². The predicted molar refractivity (Wildman–Crippen MR) is 52.0 cm³/mol. The van der Waals surface area contributed by atoms with Crippen LogP contribution in [0.1, 0.15) is 27.7 Å². The number of hydrogen-bond acceptors (Lipinski definition) is 4. The average Bonchev–Trinajstić information content (AvgIpc) is 1.99. The van der Waals surface area contributed by atoms with Crippen LogP contribution in [0.15, 0.2) is 0 Å². The molecule has 80 valence electrons. The van der Waals surface area contributed by atoms with Crippen molar-refractivity contribution >= 4 is 7.60 Å². The molecule has 0 rings (SSSR count). The lowest BCUT2D eigenvalue weighted by molar-refractivity contribution is 0.155. The maximum Gasteiger partial charge on any atom is 0.335 e. The van der Waals surface area contributed by atoms with Crippen molar-refractivity contribution < 1.29 is 18.7 Å². The Bertz CT molecular complexity index is 185. The van der Waals surface area contributed by atoms with E-state index in [9.17, 15) is 4.57 Å². The van der Waals surface area contributed by atoms with Gasteiger partial charge in [0.05, 0.1) is 25.0 Å². The highest BCUT2D eigenvalue weighted by atomic mass is 31.2. The first-order valence-corrected chi connectivity index (χ1v) is 5.91. The highest BCUT2D eigenvalue weighted by molar-refractivity contribution is 7.55. The molecule has 1 atom stereocenters. The Kier molecular flexibility index (Phi) is 5.15. The molecule has 0 aromatic carbocycles. The van der Waals surface area contributed by atoms with E-state index >= 15 is 0 Å². The Labute approximate surface area is 79.8 Å². The van der Waals surface area contributed by atoms with Crippen molar-refractivity contribution in [3.05, 3.63) is 0 Å². The van der Waals surface area contributed by atoms with Crippen molar-refractivity contribution in [1.82, 2.24) is 0 Å². The first-order chi connectivity index (χ1) is 5.87. The van der Waals surface area contributed by atoms with Gasteiger partial charge in [0, 0.05) is 0 Å². The van der Waals surface area contributed by atoms with Gasteiger partial charge in [0.2, 0.25) is 0 Å². The molecule has 0 fully saturated rings. The van der Waals surface area contributed by atoms with Gasteiger partial charge >= 0.3 is 7.60 Å². The molecule has 0 spiro atoms. The fraction of sp³-hybridized carbons (Fsp3) is 1.00. The Morgan fingerprint density at radius 2 is 1.85 bits per heavy atom. The zero-order chi connectivity index (χ0) is 10.5. The van der Waals surface area contributed by atoms with Gasteiger partial charge in [-0.2, -0.15) is 0 Å². The Balaban J connectivity index is 4.44. The lowest BCUT2D eigenvalue weighted by Gasteiger charge is -2.29. The van der Waals surface area contributed by atoms with E-state index in [2.05, 4.69) is 0 Å². The third kappa shape index (κ3) is 3.77. The Hall–Kier alpha value is 0.110. The van der Waals surface area contributed by atoms with Crippen molar-refractivity contribution in [2.45, 2.75) is 32.9 Å². The number of rotatable bonds is 5. The minimum Gasteiger partial charge on any atom is -0.394 e. The van der Waals surface area contributed by atoms with Crippen molar-refractivity contribution in [2.75, 3.05) is 19.8 Å². The molecule has 0 aromatic heterocycles. The van der Waals surface area contributed by atoms with E-state index in [-0.39, 0.29) is 13.2 Å². The second kappa shape index (κ2) is 5.11. The number of aliphatic hydroxyl groups is 1. The average molecular weight is 210 g/mol. The van der Waals surface area contributed by atoms with Gasteiger partial charge in [0.15, 0.2) is 0 Å². The molecule has 0 saturated carbocycles. The summed E-state index contributed by atoms with van der Waals surface area (Å²) >= 11 is 0. The smallest absolute Gasteiger partial charge is 0.335 e. The Morgan fingerprint density at radius 3 is 2.15 bits per heavy atom. The normalized spacial score (nSPS) is 17.0. The second-order valence-electron chi connectivity index (χ2n) is 3.64. The quantitative estimate of drug-likeness (QED) is 0.705. The van der Waals surface area contributed by atoms with Gasteiger partial charge in [-0.15, -0.1) is 0 Å². The summed E-state index contributed by atoms with van der Waals surface area (Å²) in [6.45, 7) is 7.39. The lowest BCUT2D eigenvalue weighted by Crippen LogP contribution is -2.19. The highest BCUT2D eigenvalue weighted by Crippen LogP contribution is 2.59. The fourth-order valence-corrected chi connectivity index (χ4v) is 2.27. The van der Waals surface area contributed by atoms with Crippen LogP contribution in [0.5, 0.6) is 0 Å². The van der Waals surface area contributed by atoms with Gasteiger partial charge < -0.3 is 14.2 Å². The molecule has 0 aliphatic rings. The van der Waals surface area contributed by atoms with Gasteiger partial charge in [-0.1, -0.05) is 0 Å². The number of aliphatic hydroxyl groups excluding tert-OH is 1. The topological polar surface area (TPSA) is 55.8 Å². The zero-order valence-electron chi connectivity index (χ0n) is 8.74. The van der Waals surface area contributed by atoms with Crippen LogP contribution in [0, 0.1) is 0 Å². The minimum atomic E-state index is -3.08. The largest absolute Gasteiger partial charge is 0.394 e. The molecule has 0 aliphatic carbocycles. The first kappa shape index (κ1) is 13.1. The van der Waals surface area contributed by atoms with E-state index in [1.165, 1.54) is 0 Å². The fourth-order valence-electron chi connectivity index (χ4n) is 0.756. The van der Waals surface area contributed by atoms with Crippen LogP contribution in [-0.2, 0) is 13.6 Å². The molecule has 0 amide bonds. The molecule has 0 saturated heterocycles. The van der Waals surface area contributed by atoms with E-state index in [0.29, 0.717) is 6.61 Å². The molecule has 0 radical (unpaired) electrons. The van der Waals surface area contributed by atoms with Gasteiger partial charge in [-0.05, 0) is 27.7 Å². The summed E-state index contributed by atoms with van der Waals surface area (Å²) in [5, 5.41) is 8.02. The molecule has 0 heterocycles. The van der Waals surface area contributed by atoms with E-state index in [0.717, 1.165) is 0 Å². The molecule has 1 unspecified atom stereocenters. The van der Waals surface area contributed by atoms with Crippen molar-refractivity contribution in [3.8, 4) is 0 Å². The number of hydrogen-bond donors (Lipinski definition) is 1. The summed E-state index contributed by atoms with van der Waals surface area (Å²) in [6.07, 6.45) is 0. The van der Waals surface area contributed by atoms with Crippen molar-refractivity contribution in [1.29, 1.82) is 0 Å². The van der Waals surface area contributed by atoms with Crippen molar-refractivity contribution in [3.63, 3.8) is 0 Å². The van der Waals surface area contributed by atoms with E-state index in [1.54, 1.807) is 27.7 Å². The maximum atomic E-state index is 12.0. The third-order valence-electron chi connectivity index (χ3n) is 1.47. The summed E-state index contributed by atoms with van der Waals surface area (Å²) in [5.41, 5.74) is 0. The summed E-state index contributed by atoms with van der Waals surface area (Å²) in [7, 11) is -3.08. The molecule has 4 nitrogen and oxygen atoms in total. The van der Waals surface area contributed by atoms with Crippen molar-refractivity contribution in [2.24, 2.45) is 0 Å². The van der Waals surface area contributed by atoms with Crippen LogP contribution < -0.4 is 0 Å². The molecular weight excluding hydrogens is 191 g/mol. The van der Waals surface area contributed by atoms with Crippen LogP contribution in [0.3, 0.4) is 0 Å². The first-order valence-electron chi connectivity index (χ1n) is 4.37. The minimum absolute atomic E-state index is 0.0501. The van der Waals surface area contributed by atoms with Crippen LogP contribution in [-0.4, -0.2) is 30.1 Å². The molecule has 1 N–H and O–H groups in total. The molecular formula is C8H19O4P. The highest BCUT2D eigenvalue weighted by Gasteiger charge is 2.39. The van der Waals surface area contributed by atoms with E-state index in [4.69, 9.17) is 14.2 Å². The van der Waals surface area contributed by atoms with Crippen LogP contribution in [0.2, 0.25) is 0 Å². The van der Waals surface area contributed by atoms with Crippen LogP contribution in [0.25, 0.3) is 0 Å². The van der Waals surface area contributed by atoms with E-state index < -0.39 is 12.8 Å². The van der Waals surface area contributed by atoms with Gasteiger partial charge in [-0.3, -0.25) is 4.57 Å². The SMILES string of the molecule is CCOP(=O)(OCCO)C(C)(C)C. The Morgan fingerprint density at radius 1 is 1.31 bits per heavy atom. The monoisotopic (exact) mass is 210 g/mol. The predicted octanol–water partition coefficient (Wildman–Crippen LogP) is 2.02. The van der Waals surface area contributed by atoms with Crippen LogP contribution in [0.4, 0.5) is 0 Å². The lowest BCUT2D eigenvalue weighted by atomic mass is 10.3. The maximum absolute atomic E-state index is 12.0. The summed E-state index contributed by atoms with van der Waals surface area (Å²) in [5.74, 6) is 0. The molecule has 0 aromatic rings. The molecule has 0 bridgehead atoms. The molecule has 5 heteroatoms. The zero-order valence-corrected chi connectivity index (χ0v) is 9.63. The third-order valence-corrected chi connectivity index (χ3v) is 4.24. The summed E-state index contributed by atoms with van der Waals surface area (Å²) in [6, 6.07) is 0. The summed E-state index contributed by atoms with van der Waals surface area (Å²) < 4.78 is 22.2. The van der Waals surface area contributed by atoms with Gasteiger partial charge in [0.1, 0.15) is 0 Å². The van der Waals surface area contributed by atoms with Crippen LogP contribution >= 0.6 is 7.60 Å². The molecule has 0 aliphatic heterocycles. The summed E-state index contributed by atoms with van der Waals surface area (Å²) in [4.78, 5) is 0. The van der Waals surface area contributed by atoms with Gasteiger partial charge in [-0.25, -0.2) is 0 Å². The second-order valence-corrected chi connectivity index (χ2v) is 6.50. The molecule has 13 heavy (non-hydrogen) atoms.